The highest BCUT2D eigenvalue weighted by Gasteiger charge is 2.27. The van der Waals surface area contributed by atoms with E-state index in [1.807, 2.05) is 0 Å². The minimum absolute atomic E-state index is 0.265. The number of halogens is 1. The Morgan fingerprint density at radius 2 is 1.95 bits per heavy atom. The standard InChI is InChI=1S/C15H15FN2OS/c16-12-7-3-2-6-11(12)10-13-14(19)17-15(20-13)18-8-4-1-5-9-18/h2-3,6-7,10H,1,4-5,8-9H2/b13-10-. The molecule has 0 aliphatic carbocycles. The van der Waals surface area contributed by atoms with Crippen LogP contribution in [-0.4, -0.2) is 29.1 Å². The predicted molar refractivity (Wildman–Crippen MR) is 79.8 cm³/mol. The van der Waals surface area contributed by atoms with Crippen LogP contribution < -0.4 is 0 Å². The number of nitrogens with zero attached hydrogens (tertiary/aromatic N) is 2. The van der Waals surface area contributed by atoms with Gasteiger partial charge in [0.25, 0.3) is 5.91 Å². The molecule has 5 heteroatoms. The number of piperidine rings is 1. The van der Waals surface area contributed by atoms with Crippen LogP contribution in [0.3, 0.4) is 0 Å². The zero-order chi connectivity index (χ0) is 13.9. The van der Waals surface area contributed by atoms with Crippen molar-refractivity contribution in [2.45, 2.75) is 19.3 Å². The molecule has 2 aliphatic heterocycles. The number of carbonyl (C=O) groups is 1. The van der Waals surface area contributed by atoms with E-state index in [1.54, 1.807) is 24.3 Å². The van der Waals surface area contributed by atoms with Gasteiger partial charge in [-0.2, -0.15) is 4.99 Å². The molecule has 0 spiro atoms. The minimum Gasteiger partial charge on any atom is -0.351 e. The number of hydrogen-bond acceptors (Lipinski definition) is 3. The van der Waals surface area contributed by atoms with E-state index in [0.29, 0.717) is 10.5 Å². The predicted octanol–water partition coefficient (Wildman–Crippen LogP) is 3.28. The summed E-state index contributed by atoms with van der Waals surface area (Å²) in [6, 6.07) is 6.44. The van der Waals surface area contributed by atoms with Crippen molar-refractivity contribution in [3.8, 4) is 0 Å². The van der Waals surface area contributed by atoms with Gasteiger partial charge in [-0.3, -0.25) is 4.79 Å². The Labute approximate surface area is 121 Å². The summed E-state index contributed by atoms with van der Waals surface area (Å²) in [4.78, 5) is 18.7. The van der Waals surface area contributed by atoms with Crippen molar-refractivity contribution in [2.75, 3.05) is 13.1 Å². The van der Waals surface area contributed by atoms with Gasteiger partial charge in [0.1, 0.15) is 5.82 Å². The maximum Gasteiger partial charge on any atom is 0.286 e. The summed E-state index contributed by atoms with van der Waals surface area (Å²) in [6.45, 7) is 1.90. The van der Waals surface area contributed by atoms with Crippen molar-refractivity contribution < 1.29 is 9.18 Å². The SMILES string of the molecule is O=C1N=C(N2CCCCC2)S/C1=C\c1ccccc1F. The Balaban J connectivity index is 1.78. The summed E-state index contributed by atoms with van der Waals surface area (Å²) >= 11 is 1.35. The van der Waals surface area contributed by atoms with Crippen LogP contribution in [0.5, 0.6) is 0 Å². The van der Waals surface area contributed by atoms with Gasteiger partial charge in [0.15, 0.2) is 5.17 Å². The molecule has 0 aromatic heterocycles. The summed E-state index contributed by atoms with van der Waals surface area (Å²) in [5, 5.41) is 0.761. The number of amides is 1. The molecule has 2 heterocycles. The molecule has 104 valence electrons. The van der Waals surface area contributed by atoms with Crippen molar-refractivity contribution in [2.24, 2.45) is 4.99 Å². The van der Waals surface area contributed by atoms with Crippen molar-refractivity contribution in [1.29, 1.82) is 0 Å². The Morgan fingerprint density at radius 1 is 1.20 bits per heavy atom. The second-order valence-electron chi connectivity index (χ2n) is 4.88. The van der Waals surface area contributed by atoms with Crippen LogP contribution in [0.1, 0.15) is 24.8 Å². The molecular weight excluding hydrogens is 275 g/mol. The van der Waals surface area contributed by atoms with Crippen molar-refractivity contribution >= 4 is 28.9 Å². The van der Waals surface area contributed by atoms with E-state index in [9.17, 15) is 9.18 Å². The molecule has 1 amide bonds. The number of amidine groups is 1. The number of rotatable bonds is 1. The van der Waals surface area contributed by atoms with E-state index in [1.165, 1.54) is 24.2 Å². The Bertz CT molecular complexity index is 591. The molecule has 3 nitrogen and oxygen atoms in total. The lowest BCUT2D eigenvalue weighted by molar-refractivity contribution is -0.113. The number of hydrogen-bond donors (Lipinski definition) is 0. The van der Waals surface area contributed by atoms with Gasteiger partial charge < -0.3 is 4.90 Å². The average Bonchev–Trinajstić information content (AvgIpc) is 2.84. The van der Waals surface area contributed by atoms with Crippen molar-refractivity contribution in [1.82, 2.24) is 4.90 Å². The Kier molecular flexibility index (Phi) is 3.87. The maximum atomic E-state index is 13.6. The van der Waals surface area contributed by atoms with Crippen LogP contribution in [0, 0.1) is 5.82 Å². The largest absolute Gasteiger partial charge is 0.351 e. The third-order valence-corrected chi connectivity index (χ3v) is 4.47. The Hall–Kier alpha value is -1.62. The van der Waals surface area contributed by atoms with Gasteiger partial charge in [0, 0.05) is 18.7 Å². The lowest BCUT2D eigenvalue weighted by Crippen LogP contribution is -2.33. The molecule has 1 aromatic carbocycles. The van der Waals surface area contributed by atoms with Crippen LogP contribution in [0.25, 0.3) is 6.08 Å². The fourth-order valence-electron chi connectivity index (χ4n) is 2.35. The lowest BCUT2D eigenvalue weighted by atomic mass is 10.1. The monoisotopic (exact) mass is 290 g/mol. The van der Waals surface area contributed by atoms with Crippen LogP contribution in [-0.2, 0) is 4.79 Å². The molecule has 0 bridgehead atoms. The smallest absolute Gasteiger partial charge is 0.286 e. The molecule has 1 saturated heterocycles. The van der Waals surface area contributed by atoms with Gasteiger partial charge in [-0.15, -0.1) is 0 Å². The molecule has 0 radical (unpaired) electrons. The van der Waals surface area contributed by atoms with E-state index in [4.69, 9.17) is 0 Å². The highest BCUT2D eigenvalue weighted by Crippen LogP contribution is 2.31. The first-order valence-electron chi connectivity index (χ1n) is 6.76. The first-order chi connectivity index (χ1) is 9.74. The summed E-state index contributed by atoms with van der Waals surface area (Å²) < 4.78 is 13.6. The molecule has 20 heavy (non-hydrogen) atoms. The van der Waals surface area contributed by atoms with E-state index in [2.05, 4.69) is 9.89 Å². The van der Waals surface area contributed by atoms with Gasteiger partial charge in [0.2, 0.25) is 0 Å². The van der Waals surface area contributed by atoms with E-state index in [0.717, 1.165) is 31.1 Å². The topological polar surface area (TPSA) is 32.7 Å². The first-order valence-corrected chi connectivity index (χ1v) is 7.58. The summed E-state index contributed by atoms with van der Waals surface area (Å²) in [5.74, 6) is -0.585. The highest BCUT2D eigenvalue weighted by molar-refractivity contribution is 8.18. The lowest BCUT2D eigenvalue weighted by Gasteiger charge is -2.27. The molecule has 0 saturated carbocycles. The molecule has 2 aliphatic rings. The molecule has 3 rings (SSSR count). The summed E-state index contributed by atoms with van der Waals surface area (Å²) in [6.07, 6.45) is 5.10. The zero-order valence-electron chi connectivity index (χ0n) is 11.0. The second kappa shape index (κ2) is 5.79. The third-order valence-electron chi connectivity index (χ3n) is 3.43. The van der Waals surface area contributed by atoms with Crippen LogP contribution in [0.15, 0.2) is 34.2 Å². The number of aliphatic imine (C=N–C) groups is 1. The molecule has 0 unspecified atom stereocenters. The molecule has 1 aromatic rings. The molecule has 0 N–H and O–H groups in total. The first kappa shape index (κ1) is 13.4. The number of thioether (sulfide) groups is 1. The van der Waals surface area contributed by atoms with Crippen LogP contribution in [0.2, 0.25) is 0 Å². The second-order valence-corrected chi connectivity index (χ2v) is 5.89. The number of benzene rings is 1. The van der Waals surface area contributed by atoms with Crippen LogP contribution >= 0.6 is 11.8 Å². The quantitative estimate of drug-likeness (QED) is 0.744. The van der Waals surface area contributed by atoms with Gasteiger partial charge in [-0.1, -0.05) is 18.2 Å². The minimum atomic E-state index is -0.320. The van der Waals surface area contributed by atoms with Gasteiger partial charge >= 0.3 is 0 Å². The maximum absolute atomic E-state index is 13.6. The zero-order valence-corrected chi connectivity index (χ0v) is 11.8. The molecule has 0 atom stereocenters. The molecular formula is C15H15FN2OS. The van der Waals surface area contributed by atoms with E-state index < -0.39 is 0 Å². The summed E-state index contributed by atoms with van der Waals surface area (Å²) in [7, 11) is 0. The fourth-order valence-corrected chi connectivity index (χ4v) is 3.31. The number of carbonyl (C=O) groups excluding carboxylic acids is 1. The normalized spacial score (nSPS) is 21.4. The summed E-state index contributed by atoms with van der Waals surface area (Å²) in [5.41, 5.74) is 0.429. The highest BCUT2D eigenvalue weighted by atomic mass is 32.2. The van der Waals surface area contributed by atoms with Crippen LogP contribution in [0.4, 0.5) is 4.39 Å². The number of likely N-dealkylation sites (tertiary alicyclic amines) is 1. The Morgan fingerprint density at radius 3 is 2.70 bits per heavy atom. The van der Waals surface area contributed by atoms with E-state index in [-0.39, 0.29) is 11.7 Å². The fraction of sp³-hybridized carbons (Fsp3) is 0.333. The van der Waals surface area contributed by atoms with Gasteiger partial charge in [-0.05, 0) is 43.2 Å². The van der Waals surface area contributed by atoms with Gasteiger partial charge in [-0.25, -0.2) is 4.39 Å². The van der Waals surface area contributed by atoms with E-state index >= 15 is 0 Å². The third kappa shape index (κ3) is 2.77. The molecule has 1 fully saturated rings. The van der Waals surface area contributed by atoms with Crippen molar-refractivity contribution in [3.63, 3.8) is 0 Å². The van der Waals surface area contributed by atoms with Crippen molar-refractivity contribution in [3.05, 3.63) is 40.6 Å². The van der Waals surface area contributed by atoms with Gasteiger partial charge in [0.05, 0.1) is 4.91 Å². The average molecular weight is 290 g/mol.